The predicted molar refractivity (Wildman–Crippen MR) is 61.8 cm³/mol. The Hall–Kier alpha value is -1.21. The molecule has 1 aromatic rings. The predicted octanol–water partition coefficient (Wildman–Crippen LogP) is 1.86. The lowest BCUT2D eigenvalue weighted by Crippen LogP contribution is -2.45. The van der Waals surface area contributed by atoms with E-state index in [0.717, 1.165) is 0 Å². The van der Waals surface area contributed by atoms with Gasteiger partial charge in [-0.1, -0.05) is 18.2 Å². The maximum Gasteiger partial charge on any atom is 0.454 e. The minimum atomic E-state index is -5.03. The third kappa shape index (κ3) is 3.92. The van der Waals surface area contributed by atoms with E-state index in [1.54, 1.807) is 18.2 Å². The second-order valence-electron chi connectivity index (χ2n) is 3.46. The zero-order chi connectivity index (χ0) is 13.8. The summed E-state index contributed by atoms with van der Waals surface area (Å²) in [7, 11) is 0. The van der Waals surface area contributed by atoms with Gasteiger partial charge < -0.3 is 9.84 Å². The Labute approximate surface area is 107 Å². The lowest BCUT2D eigenvalue weighted by atomic mass is 10.1. The van der Waals surface area contributed by atoms with Gasteiger partial charge in [-0.25, -0.2) is 0 Å². The van der Waals surface area contributed by atoms with Crippen molar-refractivity contribution in [3.8, 4) is 5.75 Å². The molecule has 0 fully saturated rings. The fraction of sp³-hybridized carbons (Fsp3) is 0.364. The number of ether oxygens (including phenoxy) is 1. The number of aliphatic hydroxyl groups excluding tert-OH is 1. The van der Waals surface area contributed by atoms with Crippen LogP contribution in [0.3, 0.4) is 0 Å². The van der Waals surface area contributed by atoms with Gasteiger partial charge in [0.2, 0.25) is 0 Å². The molecular weight excluding hydrogens is 269 g/mol. The molecule has 0 aromatic heterocycles. The zero-order valence-electron chi connectivity index (χ0n) is 9.09. The van der Waals surface area contributed by atoms with Gasteiger partial charge in [0.15, 0.2) is 6.10 Å². The van der Waals surface area contributed by atoms with E-state index in [0.29, 0.717) is 0 Å². The van der Waals surface area contributed by atoms with Crippen LogP contribution in [0.5, 0.6) is 5.75 Å². The van der Waals surface area contributed by atoms with Gasteiger partial charge in [0.25, 0.3) is 5.78 Å². The number of Topliss-reactive ketones (excluding diaryl/α,β-unsaturated/α-hetero) is 1. The molecule has 0 aliphatic rings. The largest absolute Gasteiger partial charge is 0.481 e. The van der Waals surface area contributed by atoms with Gasteiger partial charge in [0.05, 0.1) is 11.9 Å². The zero-order valence-corrected chi connectivity index (χ0v) is 9.99. The number of benzene rings is 1. The lowest BCUT2D eigenvalue weighted by molar-refractivity contribution is -0.178. The van der Waals surface area contributed by atoms with Crippen LogP contribution in [-0.4, -0.2) is 35.0 Å². The van der Waals surface area contributed by atoms with E-state index in [1.807, 2.05) is 0 Å². The van der Waals surface area contributed by atoms with E-state index in [4.69, 9.17) is 9.84 Å². The van der Waals surface area contributed by atoms with Crippen LogP contribution >= 0.6 is 12.6 Å². The highest BCUT2D eigenvalue weighted by atomic mass is 32.1. The molecule has 2 unspecified atom stereocenters. The van der Waals surface area contributed by atoms with Crippen molar-refractivity contribution in [2.24, 2.45) is 0 Å². The average molecular weight is 280 g/mol. The molecule has 0 radical (unpaired) electrons. The van der Waals surface area contributed by atoms with Gasteiger partial charge in [-0.2, -0.15) is 25.8 Å². The number of carbonyl (C=O) groups excluding carboxylic acids is 1. The van der Waals surface area contributed by atoms with Crippen LogP contribution in [0.2, 0.25) is 0 Å². The maximum absolute atomic E-state index is 12.4. The summed E-state index contributed by atoms with van der Waals surface area (Å²) in [6, 6.07) is 7.58. The lowest BCUT2D eigenvalue weighted by Gasteiger charge is -2.22. The highest BCUT2D eigenvalue weighted by molar-refractivity contribution is 7.81. The van der Waals surface area contributed by atoms with E-state index in [9.17, 15) is 18.0 Å². The number of hydrogen-bond acceptors (Lipinski definition) is 4. The van der Waals surface area contributed by atoms with E-state index < -0.39 is 29.9 Å². The molecule has 2 atom stereocenters. The summed E-state index contributed by atoms with van der Waals surface area (Å²) < 4.78 is 42.0. The first-order valence-electron chi connectivity index (χ1n) is 4.98. The molecule has 7 heteroatoms. The molecule has 3 nitrogen and oxygen atoms in total. The van der Waals surface area contributed by atoms with Crippen molar-refractivity contribution < 1.29 is 27.8 Å². The first kappa shape index (κ1) is 14.8. The summed E-state index contributed by atoms with van der Waals surface area (Å²) >= 11 is 3.73. The number of ketones is 1. The van der Waals surface area contributed by atoms with Crippen LogP contribution in [0.1, 0.15) is 0 Å². The minimum absolute atomic E-state index is 0.104. The van der Waals surface area contributed by atoms with Crippen LogP contribution < -0.4 is 4.74 Å². The van der Waals surface area contributed by atoms with Crippen LogP contribution in [0, 0.1) is 0 Å². The van der Waals surface area contributed by atoms with Crippen molar-refractivity contribution in [3.05, 3.63) is 30.3 Å². The van der Waals surface area contributed by atoms with E-state index in [-0.39, 0.29) is 5.75 Å². The Morgan fingerprint density at radius 3 is 2.33 bits per heavy atom. The summed E-state index contributed by atoms with van der Waals surface area (Å²) in [6.07, 6.45) is -6.91. The Balaban J connectivity index is 2.90. The third-order valence-electron chi connectivity index (χ3n) is 2.08. The van der Waals surface area contributed by atoms with Crippen LogP contribution in [-0.2, 0) is 4.79 Å². The molecule has 0 spiro atoms. The molecule has 0 bridgehead atoms. The smallest absolute Gasteiger partial charge is 0.454 e. The monoisotopic (exact) mass is 280 g/mol. The Morgan fingerprint density at radius 2 is 1.89 bits per heavy atom. The molecule has 1 N–H and O–H groups in total. The second-order valence-corrected chi connectivity index (χ2v) is 4.13. The number of halogens is 3. The number of para-hydroxylation sites is 1. The number of aliphatic hydroxyl groups is 1. The Morgan fingerprint density at radius 1 is 1.33 bits per heavy atom. The average Bonchev–Trinajstić information content (AvgIpc) is 2.34. The number of carbonyl (C=O) groups is 1. The van der Waals surface area contributed by atoms with Crippen molar-refractivity contribution >= 4 is 18.4 Å². The molecule has 0 amide bonds. The van der Waals surface area contributed by atoms with Crippen LogP contribution in [0.4, 0.5) is 13.2 Å². The summed E-state index contributed by atoms with van der Waals surface area (Å²) in [5, 5.41) is 7.57. The molecule has 0 aliphatic carbocycles. The topological polar surface area (TPSA) is 46.5 Å². The van der Waals surface area contributed by atoms with Crippen molar-refractivity contribution in [1.82, 2.24) is 0 Å². The number of thiol groups is 1. The molecule has 1 rings (SSSR count). The second kappa shape index (κ2) is 6.10. The number of alkyl halides is 3. The van der Waals surface area contributed by atoms with Crippen molar-refractivity contribution in [3.63, 3.8) is 0 Å². The molecule has 1 aromatic carbocycles. The highest BCUT2D eigenvalue weighted by Crippen LogP contribution is 2.24. The van der Waals surface area contributed by atoms with Crippen LogP contribution in [0.15, 0.2) is 30.3 Å². The molecule has 0 aliphatic heterocycles. The summed E-state index contributed by atoms with van der Waals surface area (Å²) in [4.78, 5) is 11.2. The van der Waals surface area contributed by atoms with Crippen molar-refractivity contribution in [1.29, 1.82) is 0 Å². The summed E-state index contributed by atoms with van der Waals surface area (Å²) in [5.41, 5.74) is 0. The standard InChI is InChI=1S/C11H11F3O3S/c12-11(13,14)10(16)9(8(18)6-15)17-7-4-2-1-3-5-7/h1-5,8-9,15,18H,6H2. The van der Waals surface area contributed by atoms with Crippen LogP contribution in [0.25, 0.3) is 0 Å². The third-order valence-corrected chi connectivity index (χ3v) is 2.51. The van der Waals surface area contributed by atoms with E-state index in [1.165, 1.54) is 12.1 Å². The maximum atomic E-state index is 12.4. The van der Waals surface area contributed by atoms with Gasteiger partial charge in [0.1, 0.15) is 5.75 Å². The first-order chi connectivity index (χ1) is 8.36. The van der Waals surface area contributed by atoms with Crippen molar-refractivity contribution in [2.45, 2.75) is 17.5 Å². The SMILES string of the molecule is O=C(C(Oc1ccccc1)C(S)CO)C(F)(F)F. The molecule has 0 heterocycles. The Kier molecular flexibility index (Phi) is 5.03. The highest BCUT2D eigenvalue weighted by Gasteiger charge is 2.46. The molecule has 0 saturated heterocycles. The minimum Gasteiger partial charge on any atom is -0.481 e. The fourth-order valence-electron chi connectivity index (χ4n) is 1.21. The fourth-order valence-corrected chi connectivity index (χ4v) is 1.41. The molecule has 0 saturated carbocycles. The summed E-state index contributed by atoms with van der Waals surface area (Å²) in [6.45, 7) is -0.706. The van der Waals surface area contributed by atoms with Gasteiger partial charge >= 0.3 is 6.18 Å². The van der Waals surface area contributed by atoms with Crippen molar-refractivity contribution in [2.75, 3.05) is 6.61 Å². The quantitative estimate of drug-likeness (QED) is 0.809. The molecule has 18 heavy (non-hydrogen) atoms. The first-order valence-corrected chi connectivity index (χ1v) is 5.49. The number of rotatable bonds is 5. The van der Waals surface area contributed by atoms with E-state index >= 15 is 0 Å². The Bertz CT molecular complexity index is 394. The molecular formula is C11H11F3O3S. The molecule has 100 valence electrons. The number of hydrogen-bond donors (Lipinski definition) is 2. The van der Waals surface area contributed by atoms with Gasteiger partial charge in [-0.3, -0.25) is 4.79 Å². The van der Waals surface area contributed by atoms with Gasteiger partial charge in [-0.05, 0) is 12.1 Å². The van der Waals surface area contributed by atoms with Gasteiger partial charge in [-0.15, -0.1) is 0 Å². The summed E-state index contributed by atoms with van der Waals surface area (Å²) in [5.74, 6) is -1.96. The normalized spacial score (nSPS) is 14.9. The van der Waals surface area contributed by atoms with E-state index in [2.05, 4.69) is 12.6 Å². The van der Waals surface area contributed by atoms with Gasteiger partial charge in [0, 0.05) is 0 Å².